The number of alkyl halides is 3. The number of aryl methyl sites for hydroxylation is 1. The average Bonchev–Trinajstić information content (AvgIpc) is 3.05. The highest BCUT2D eigenvalue weighted by molar-refractivity contribution is 5.99. The predicted molar refractivity (Wildman–Crippen MR) is 100 cm³/mol. The summed E-state index contributed by atoms with van der Waals surface area (Å²) in [5.41, 5.74) is 0.820. The smallest absolute Gasteiger partial charge is 0.323 e. The summed E-state index contributed by atoms with van der Waals surface area (Å²) >= 11 is 0. The molecule has 3 aromatic rings. The van der Waals surface area contributed by atoms with Crippen LogP contribution in [0.1, 0.15) is 11.3 Å². The number of rotatable bonds is 5. The summed E-state index contributed by atoms with van der Waals surface area (Å²) in [6.45, 7) is 5.13. The van der Waals surface area contributed by atoms with Crippen LogP contribution < -0.4 is 10.6 Å². The molecule has 6 nitrogen and oxygen atoms in total. The van der Waals surface area contributed by atoms with Crippen molar-refractivity contribution in [3.63, 3.8) is 0 Å². The number of carbonyl (C=O) groups excluding carboxylic acids is 1. The van der Waals surface area contributed by atoms with Crippen molar-refractivity contribution in [2.24, 2.45) is 0 Å². The molecular weight excluding hydrogens is 371 g/mol. The summed E-state index contributed by atoms with van der Waals surface area (Å²) in [6.07, 6.45) is -3.45. The number of halogens is 3. The minimum Gasteiger partial charge on any atom is -0.323 e. The van der Waals surface area contributed by atoms with Crippen molar-refractivity contribution < 1.29 is 18.0 Å². The van der Waals surface area contributed by atoms with E-state index in [2.05, 4.69) is 32.4 Å². The van der Waals surface area contributed by atoms with Gasteiger partial charge < -0.3 is 10.6 Å². The van der Waals surface area contributed by atoms with E-state index in [0.29, 0.717) is 17.1 Å². The molecule has 28 heavy (non-hydrogen) atoms. The average molecular weight is 387 g/mol. The van der Waals surface area contributed by atoms with Crippen LogP contribution in [-0.4, -0.2) is 21.1 Å². The number of aromatic nitrogens is 3. The van der Waals surface area contributed by atoms with E-state index >= 15 is 0 Å². The van der Waals surface area contributed by atoms with Gasteiger partial charge in [0.25, 0.3) is 0 Å². The third-order valence-corrected chi connectivity index (χ3v) is 3.73. The number of benzene rings is 1. The molecule has 0 fully saturated rings. The number of carbonyl (C=O) groups is 1. The fourth-order valence-corrected chi connectivity index (χ4v) is 2.47. The first-order valence-corrected chi connectivity index (χ1v) is 8.17. The first-order valence-electron chi connectivity index (χ1n) is 8.17. The number of anilines is 3. The van der Waals surface area contributed by atoms with Gasteiger partial charge in [-0.25, -0.2) is 4.98 Å². The molecule has 0 bridgehead atoms. The highest BCUT2D eigenvalue weighted by Crippen LogP contribution is 2.34. The van der Waals surface area contributed by atoms with Gasteiger partial charge in [0.1, 0.15) is 5.82 Å². The van der Waals surface area contributed by atoms with Crippen molar-refractivity contribution in [3.8, 4) is 11.3 Å². The summed E-state index contributed by atoms with van der Waals surface area (Å²) in [7, 11) is 0. The van der Waals surface area contributed by atoms with Crippen LogP contribution >= 0.6 is 0 Å². The van der Waals surface area contributed by atoms with Gasteiger partial charge >= 0.3 is 6.18 Å². The highest BCUT2D eigenvalue weighted by Gasteiger charge is 2.32. The van der Waals surface area contributed by atoms with Crippen molar-refractivity contribution in [1.82, 2.24) is 15.2 Å². The van der Waals surface area contributed by atoms with Gasteiger partial charge in [0, 0.05) is 23.0 Å². The summed E-state index contributed by atoms with van der Waals surface area (Å²) in [4.78, 5) is 15.7. The lowest BCUT2D eigenvalue weighted by Crippen LogP contribution is -2.08. The molecule has 2 aromatic heterocycles. The molecule has 0 unspecified atom stereocenters. The molecule has 2 heterocycles. The number of nitrogens with one attached hydrogen (secondary N) is 3. The number of pyridine rings is 1. The molecule has 3 N–H and O–H groups in total. The van der Waals surface area contributed by atoms with Gasteiger partial charge in [-0.2, -0.15) is 18.3 Å². The second-order valence-corrected chi connectivity index (χ2v) is 5.96. The number of amides is 1. The van der Waals surface area contributed by atoms with Crippen molar-refractivity contribution in [1.29, 1.82) is 0 Å². The minimum absolute atomic E-state index is 0.00291. The second-order valence-electron chi connectivity index (χ2n) is 5.96. The Balaban J connectivity index is 2.02. The molecule has 0 spiro atoms. The van der Waals surface area contributed by atoms with Crippen LogP contribution in [0, 0.1) is 6.92 Å². The fourth-order valence-electron chi connectivity index (χ4n) is 2.47. The Morgan fingerprint density at radius 1 is 1.18 bits per heavy atom. The van der Waals surface area contributed by atoms with E-state index in [1.807, 2.05) is 0 Å². The Morgan fingerprint density at radius 3 is 2.61 bits per heavy atom. The largest absolute Gasteiger partial charge is 0.416 e. The topological polar surface area (TPSA) is 82.7 Å². The first-order chi connectivity index (χ1) is 13.2. The Labute approximate surface area is 158 Å². The number of aromatic amines is 1. The van der Waals surface area contributed by atoms with Crippen LogP contribution in [0.5, 0.6) is 0 Å². The van der Waals surface area contributed by atoms with Crippen molar-refractivity contribution in [3.05, 3.63) is 66.4 Å². The van der Waals surface area contributed by atoms with E-state index in [0.717, 1.165) is 23.9 Å². The van der Waals surface area contributed by atoms with E-state index in [1.165, 1.54) is 6.07 Å². The minimum atomic E-state index is -4.55. The monoisotopic (exact) mass is 387 g/mol. The molecular formula is C19H16F3N5O. The van der Waals surface area contributed by atoms with Crippen LogP contribution in [0.4, 0.5) is 30.5 Å². The lowest BCUT2D eigenvalue weighted by atomic mass is 10.1. The van der Waals surface area contributed by atoms with Gasteiger partial charge in [0.2, 0.25) is 5.91 Å². The Kier molecular flexibility index (Phi) is 5.16. The lowest BCUT2D eigenvalue weighted by molar-refractivity contribution is -0.137. The van der Waals surface area contributed by atoms with E-state index in [-0.39, 0.29) is 11.5 Å². The lowest BCUT2D eigenvalue weighted by Gasteiger charge is -2.13. The maximum atomic E-state index is 13.4. The van der Waals surface area contributed by atoms with Crippen LogP contribution in [-0.2, 0) is 11.0 Å². The van der Waals surface area contributed by atoms with Gasteiger partial charge in [0.05, 0.1) is 11.3 Å². The molecule has 1 amide bonds. The van der Waals surface area contributed by atoms with E-state index in [9.17, 15) is 18.0 Å². The normalized spacial score (nSPS) is 11.1. The maximum Gasteiger partial charge on any atom is 0.416 e. The molecule has 0 aliphatic rings. The van der Waals surface area contributed by atoms with E-state index in [4.69, 9.17) is 0 Å². The van der Waals surface area contributed by atoms with Gasteiger partial charge in [-0.15, -0.1) is 0 Å². The number of hydrogen-bond donors (Lipinski definition) is 3. The molecule has 0 saturated heterocycles. The zero-order valence-corrected chi connectivity index (χ0v) is 14.8. The van der Waals surface area contributed by atoms with Gasteiger partial charge in [-0.3, -0.25) is 9.89 Å². The van der Waals surface area contributed by atoms with E-state index < -0.39 is 17.6 Å². The molecule has 3 rings (SSSR count). The van der Waals surface area contributed by atoms with Crippen LogP contribution in [0.15, 0.2) is 55.1 Å². The van der Waals surface area contributed by atoms with Gasteiger partial charge in [0.15, 0.2) is 5.82 Å². The van der Waals surface area contributed by atoms with Crippen LogP contribution in [0.25, 0.3) is 11.3 Å². The molecule has 1 aromatic carbocycles. The van der Waals surface area contributed by atoms with Crippen molar-refractivity contribution in [2.45, 2.75) is 13.1 Å². The highest BCUT2D eigenvalue weighted by atomic mass is 19.4. The summed E-state index contributed by atoms with van der Waals surface area (Å²) in [5, 5.41) is 12.0. The molecule has 0 atom stereocenters. The standard InChI is InChI=1S/C19H16F3N5O/c1-3-18(28)23-14-6-4-5-12(8-14)15-9-13(19(20,21)22)10-16(24-15)25-17-7-11(2)26-27-17/h3-10H,1H2,2H3,(H,23,28)(H2,24,25,26,27). The quantitative estimate of drug-likeness (QED) is 0.556. The molecule has 144 valence electrons. The van der Waals surface area contributed by atoms with Crippen LogP contribution in [0.3, 0.4) is 0 Å². The Hall–Kier alpha value is -3.62. The molecule has 9 heteroatoms. The number of H-pyrrole nitrogens is 1. The Bertz CT molecular complexity index is 1030. The summed E-state index contributed by atoms with van der Waals surface area (Å²) in [5.74, 6) is -0.0791. The molecule has 0 aliphatic heterocycles. The second kappa shape index (κ2) is 7.55. The zero-order valence-electron chi connectivity index (χ0n) is 14.8. The SMILES string of the molecule is C=CC(=O)Nc1cccc(-c2cc(C(F)(F)F)cc(Nc3cc(C)[nH]n3)n2)c1. The third-order valence-electron chi connectivity index (χ3n) is 3.73. The predicted octanol–water partition coefficient (Wildman–Crippen LogP) is 4.67. The third kappa shape index (κ3) is 4.56. The summed E-state index contributed by atoms with van der Waals surface area (Å²) in [6, 6.07) is 9.88. The first kappa shape index (κ1) is 19.2. The Morgan fingerprint density at radius 2 is 1.96 bits per heavy atom. The van der Waals surface area contributed by atoms with Gasteiger partial charge in [-0.05, 0) is 37.3 Å². The van der Waals surface area contributed by atoms with E-state index in [1.54, 1.807) is 31.2 Å². The summed E-state index contributed by atoms with van der Waals surface area (Å²) < 4.78 is 40.1. The van der Waals surface area contributed by atoms with Gasteiger partial charge in [-0.1, -0.05) is 18.7 Å². The fraction of sp³-hybridized carbons (Fsp3) is 0.105. The number of hydrogen-bond acceptors (Lipinski definition) is 4. The van der Waals surface area contributed by atoms with Crippen molar-refractivity contribution >= 4 is 23.2 Å². The van der Waals surface area contributed by atoms with Crippen molar-refractivity contribution in [2.75, 3.05) is 10.6 Å². The molecule has 0 radical (unpaired) electrons. The number of nitrogens with zero attached hydrogens (tertiary/aromatic N) is 2. The molecule has 0 saturated carbocycles. The molecule has 0 aliphatic carbocycles. The maximum absolute atomic E-state index is 13.4. The van der Waals surface area contributed by atoms with Crippen LogP contribution in [0.2, 0.25) is 0 Å². The zero-order chi connectivity index (χ0) is 20.3.